The molecular weight excluding hydrogens is 242 g/mol. The number of nitrogens with zero attached hydrogens (tertiary/aromatic N) is 2. The van der Waals surface area contributed by atoms with Crippen LogP contribution in [0, 0.1) is 0 Å². The Hall–Kier alpha value is -1.30. The lowest BCUT2D eigenvalue weighted by molar-refractivity contribution is 0.182. The molecule has 0 spiro atoms. The number of benzene rings is 1. The summed E-state index contributed by atoms with van der Waals surface area (Å²) in [5.41, 5.74) is 5.50. The Bertz CT molecular complexity index is 423. The predicted molar refractivity (Wildman–Crippen MR) is 75.1 cm³/mol. The SMILES string of the molecule is OC1CCN(Nc2ccc(N3CCC(O)C3)cc2)C1. The van der Waals surface area contributed by atoms with Gasteiger partial charge in [0.1, 0.15) is 0 Å². The van der Waals surface area contributed by atoms with Crippen LogP contribution < -0.4 is 10.3 Å². The highest BCUT2D eigenvalue weighted by Crippen LogP contribution is 2.23. The first-order chi connectivity index (χ1) is 9.20. The monoisotopic (exact) mass is 263 g/mol. The minimum Gasteiger partial charge on any atom is -0.392 e. The van der Waals surface area contributed by atoms with Crippen LogP contribution in [0.5, 0.6) is 0 Å². The van der Waals surface area contributed by atoms with Crippen molar-refractivity contribution in [2.24, 2.45) is 0 Å². The molecule has 1 aromatic rings. The Balaban J connectivity index is 1.59. The first kappa shape index (κ1) is 12.7. The van der Waals surface area contributed by atoms with E-state index >= 15 is 0 Å². The molecule has 5 heteroatoms. The van der Waals surface area contributed by atoms with Gasteiger partial charge in [0.2, 0.25) is 0 Å². The zero-order chi connectivity index (χ0) is 13.2. The van der Waals surface area contributed by atoms with Crippen molar-refractivity contribution in [2.45, 2.75) is 25.0 Å². The second kappa shape index (κ2) is 5.36. The number of β-amino-alcohol motifs (C(OH)–C–C–N with tert-alkyl or cyclic N) is 2. The van der Waals surface area contributed by atoms with E-state index in [9.17, 15) is 10.2 Å². The van der Waals surface area contributed by atoms with E-state index in [0.29, 0.717) is 6.54 Å². The van der Waals surface area contributed by atoms with Crippen molar-refractivity contribution in [3.05, 3.63) is 24.3 Å². The average molecular weight is 263 g/mol. The molecule has 5 nitrogen and oxygen atoms in total. The van der Waals surface area contributed by atoms with Gasteiger partial charge in [-0.05, 0) is 37.1 Å². The fourth-order valence-electron chi connectivity index (χ4n) is 2.75. The summed E-state index contributed by atoms with van der Waals surface area (Å²) in [7, 11) is 0. The molecule has 1 aromatic carbocycles. The third kappa shape index (κ3) is 3.00. The normalized spacial score (nSPS) is 28.0. The van der Waals surface area contributed by atoms with Crippen LogP contribution in [-0.4, -0.2) is 53.6 Å². The Morgan fingerprint density at radius 3 is 2.21 bits per heavy atom. The zero-order valence-corrected chi connectivity index (χ0v) is 11.0. The fourth-order valence-corrected chi connectivity index (χ4v) is 2.75. The van der Waals surface area contributed by atoms with Gasteiger partial charge in [0, 0.05) is 37.6 Å². The van der Waals surface area contributed by atoms with Crippen LogP contribution in [0.2, 0.25) is 0 Å². The quantitative estimate of drug-likeness (QED) is 0.747. The van der Waals surface area contributed by atoms with Crippen LogP contribution >= 0.6 is 0 Å². The molecule has 0 saturated carbocycles. The van der Waals surface area contributed by atoms with E-state index < -0.39 is 0 Å². The second-order valence-electron chi connectivity index (χ2n) is 5.44. The van der Waals surface area contributed by atoms with Crippen LogP contribution in [0.15, 0.2) is 24.3 Å². The summed E-state index contributed by atoms with van der Waals surface area (Å²) < 4.78 is 0. The van der Waals surface area contributed by atoms with Gasteiger partial charge in [-0.3, -0.25) is 0 Å². The largest absolute Gasteiger partial charge is 0.392 e. The highest BCUT2D eigenvalue weighted by Gasteiger charge is 2.21. The number of rotatable bonds is 3. The molecule has 104 valence electrons. The van der Waals surface area contributed by atoms with Gasteiger partial charge < -0.3 is 20.5 Å². The topological polar surface area (TPSA) is 59.0 Å². The van der Waals surface area contributed by atoms with Gasteiger partial charge in [0.05, 0.1) is 12.2 Å². The molecule has 0 radical (unpaired) electrons. The van der Waals surface area contributed by atoms with Gasteiger partial charge >= 0.3 is 0 Å². The Labute approximate surface area is 113 Å². The zero-order valence-electron chi connectivity index (χ0n) is 11.0. The van der Waals surface area contributed by atoms with Gasteiger partial charge in [-0.1, -0.05) is 0 Å². The highest BCUT2D eigenvalue weighted by molar-refractivity contribution is 5.55. The van der Waals surface area contributed by atoms with Crippen molar-refractivity contribution < 1.29 is 10.2 Å². The maximum atomic E-state index is 9.55. The molecule has 2 fully saturated rings. The third-order valence-electron chi connectivity index (χ3n) is 3.85. The molecule has 2 heterocycles. The number of nitrogens with one attached hydrogen (secondary N) is 1. The number of aliphatic hydroxyl groups is 2. The summed E-state index contributed by atoms with van der Waals surface area (Å²) in [5, 5.41) is 21.1. The van der Waals surface area contributed by atoms with Crippen LogP contribution in [0.4, 0.5) is 11.4 Å². The molecule has 3 rings (SSSR count). The maximum Gasteiger partial charge on any atom is 0.0731 e. The second-order valence-corrected chi connectivity index (χ2v) is 5.44. The number of hydrogen-bond acceptors (Lipinski definition) is 5. The van der Waals surface area contributed by atoms with Crippen molar-refractivity contribution in [1.82, 2.24) is 5.01 Å². The standard InChI is InChI=1S/C14H21N3O2/c18-13-5-7-16(9-13)12-3-1-11(2-4-12)15-17-8-6-14(19)10-17/h1-4,13-15,18-19H,5-10H2. The van der Waals surface area contributed by atoms with Gasteiger partial charge in [0.15, 0.2) is 0 Å². The van der Waals surface area contributed by atoms with Crippen molar-refractivity contribution in [1.29, 1.82) is 0 Å². The summed E-state index contributed by atoms with van der Waals surface area (Å²) in [6.07, 6.45) is 1.28. The molecule has 0 bridgehead atoms. The number of hydrogen-bond donors (Lipinski definition) is 3. The van der Waals surface area contributed by atoms with Crippen molar-refractivity contribution in [2.75, 3.05) is 36.5 Å². The molecule has 2 atom stereocenters. The van der Waals surface area contributed by atoms with E-state index in [1.165, 1.54) is 0 Å². The summed E-state index contributed by atoms with van der Waals surface area (Å²) in [6, 6.07) is 8.25. The minimum atomic E-state index is -0.210. The predicted octanol–water partition coefficient (Wildman–Crippen LogP) is 0.651. The molecule has 19 heavy (non-hydrogen) atoms. The molecule has 0 amide bonds. The number of aliphatic hydroxyl groups excluding tert-OH is 2. The Morgan fingerprint density at radius 2 is 1.63 bits per heavy atom. The molecule has 0 aromatic heterocycles. The fraction of sp³-hybridized carbons (Fsp3) is 0.571. The molecule has 0 aliphatic carbocycles. The summed E-state index contributed by atoms with van der Waals surface area (Å²) in [5.74, 6) is 0. The molecule has 2 saturated heterocycles. The minimum absolute atomic E-state index is 0.191. The highest BCUT2D eigenvalue weighted by atomic mass is 16.3. The summed E-state index contributed by atoms with van der Waals surface area (Å²) >= 11 is 0. The maximum absolute atomic E-state index is 9.55. The first-order valence-corrected chi connectivity index (χ1v) is 6.93. The van der Waals surface area contributed by atoms with E-state index in [-0.39, 0.29) is 12.2 Å². The molecular formula is C14H21N3O2. The molecule has 2 aliphatic heterocycles. The lowest BCUT2D eigenvalue weighted by atomic mass is 10.2. The third-order valence-corrected chi connectivity index (χ3v) is 3.85. The number of anilines is 2. The van der Waals surface area contributed by atoms with Gasteiger partial charge in [-0.15, -0.1) is 0 Å². The van der Waals surface area contributed by atoms with E-state index in [2.05, 4.69) is 22.5 Å². The molecule has 3 N–H and O–H groups in total. The van der Waals surface area contributed by atoms with Crippen LogP contribution in [0.25, 0.3) is 0 Å². The van der Waals surface area contributed by atoms with Crippen LogP contribution in [-0.2, 0) is 0 Å². The molecule has 2 unspecified atom stereocenters. The van der Waals surface area contributed by atoms with Crippen LogP contribution in [0.3, 0.4) is 0 Å². The van der Waals surface area contributed by atoms with E-state index in [1.807, 2.05) is 17.1 Å². The number of hydrazine groups is 1. The lowest BCUT2D eigenvalue weighted by Gasteiger charge is -2.20. The van der Waals surface area contributed by atoms with E-state index in [4.69, 9.17) is 0 Å². The van der Waals surface area contributed by atoms with Gasteiger partial charge in [-0.25, -0.2) is 5.01 Å². The van der Waals surface area contributed by atoms with Gasteiger partial charge in [-0.2, -0.15) is 0 Å². The van der Waals surface area contributed by atoms with Crippen molar-refractivity contribution in [3.8, 4) is 0 Å². The van der Waals surface area contributed by atoms with E-state index in [1.54, 1.807) is 0 Å². The lowest BCUT2D eigenvalue weighted by Crippen LogP contribution is -2.28. The van der Waals surface area contributed by atoms with Crippen molar-refractivity contribution >= 4 is 11.4 Å². The Morgan fingerprint density at radius 1 is 0.947 bits per heavy atom. The molecule has 2 aliphatic rings. The smallest absolute Gasteiger partial charge is 0.0731 e. The first-order valence-electron chi connectivity index (χ1n) is 6.93. The van der Waals surface area contributed by atoms with Gasteiger partial charge in [0.25, 0.3) is 0 Å². The average Bonchev–Trinajstić information content (AvgIpc) is 3.00. The van der Waals surface area contributed by atoms with E-state index in [0.717, 1.165) is 43.9 Å². The Kier molecular flexibility index (Phi) is 3.59. The van der Waals surface area contributed by atoms with Crippen molar-refractivity contribution in [3.63, 3.8) is 0 Å². The summed E-state index contributed by atoms with van der Waals surface area (Å²) in [6.45, 7) is 3.21. The summed E-state index contributed by atoms with van der Waals surface area (Å²) in [4.78, 5) is 2.20. The van der Waals surface area contributed by atoms with Crippen LogP contribution in [0.1, 0.15) is 12.8 Å².